The van der Waals surface area contributed by atoms with Gasteiger partial charge in [-0.25, -0.2) is 9.18 Å². The van der Waals surface area contributed by atoms with Crippen LogP contribution in [0.2, 0.25) is 0 Å². The summed E-state index contributed by atoms with van der Waals surface area (Å²) in [6.45, 7) is -0.523. The average molecular weight is 397 g/mol. The summed E-state index contributed by atoms with van der Waals surface area (Å²) in [7, 11) is 1.55. The molecule has 128 valence electrons. The molecule has 5 nitrogen and oxygen atoms in total. The Bertz CT molecular complexity index is 681. The molecule has 0 N–H and O–H groups in total. The minimum Gasteiger partial charge on any atom is -0.452 e. The van der Waals surface area contributed by atoms with E-state index in [1.807, 2.05) is 0 Å². The summed E-state index contributed by atoms with van der Waals surface area (Å²) in [5.41, 5.74) is -1.09. The van der Waals surface area contributed by atoms with Crippen molar-refractivity contribution in [1.29, 1.82) is 5.26 Å². The number of carbonyl (C=O) groups excluding carboxylic acids is 2. The van der Waals surface area contributed by atoms with Crippen LogP contribution in [0.1, 0.15) is 42.5 Å². The summed E-state index contributed by atoms with van der Waals surface area (Å²) < 4.78 is 19.1. The maximum Gasteiger partial charge on any atom is 0.341 e. The van der Waals surface area contributed by atoms with Crippen LogP contribution >= 0.6 is 15.9 Å². The van der Waals surface area contributed by atoms with E-state index in [0.717, 1.165) is 25.3 Å². The lowest BCUT2D eigenvalue weighted by Gasteiger charge is -2.38. The van der Waals surface area contributed by atoms with Crippen molar-refractivity contribution in [3.63, 3.8) is 0 Å². The van der Waals surface area contributed by atoms with Gasteiger partial charge in [0.05, 0.1) is 11.6 Å². The third kappa shape index (κ3) is 3.93. The predicted molar refractivity (Wildman–Crippen MR) is 88.6 cm³/mol. The lowest BCUT2D eigenvalue weighted by Crippen LogP contribution is -2.51. The molecule has 1 aliphatic rings. The van der Waals surface area contributed by atoms with Gasteiger partial charge in [-0.05, 0) is 31.0 Å². The van der Waals surface area contributed by atoms with Gasteiger partial charge in [0.1, 0.15) is 11.4 Å². The molecule has 7 heteroatoms. The Morgan fingerprint density at radius 1 is 1.38 bits per heavy atom. The highest BCUT2D eigenvalue weighted by Crippen LogP contribution is 2.32. The first-order chi connectivity index (χ1) is 11.4. The van der Waals surface area contributed by atoms with Crippen LogP contribution in [0.15, 0.2) is 22.7 Å². The molecule has 0 atom stereocenters. The fourth-order valence-electron chi connectivity index (χ4n) is 2.85. The number of halogens is 2. The molecular weight excluding hydrogens is 379 g/mol. The van der Waals surface area contributed by atoms with Crippen molar-refractivity contribution in [3.05, 3.63) is 34.1 Å². The molecule has 1 saturated carbocycles. The van der Waals surface area contributed by atoms with Crippen molar-refractivity contribution in [2.75, 3.05) is 13.7 Å². The van der Waals surface area contributed by atoms with Crippen LogP contribution in [0, 0.1) is 17.1 Å². The van der Waals surface area contributed by atoms with Gasteiger partial charge in [0.15, 0.2) is 6.61 Å². The van der Waals surface area contributed by atoms with Gasteiger partial charge in [0.2, 0.25) is 0 Å². The largest absolute Gasteiger partial charge is 0.452 e. The molecule has 1 fully saturated rings. The third-order valence-electron chi connectivity index (χ3n) is 4.38. The molecule has 0 radical (unpaired) electrons. The Morgan fingerprint density at radius 2 is 2.04 bits per heavy atom. The molecule has 0 aromatic heterocycles. The Kier molecular flexibility index (Phi) is 5.94. The van der Waals surface area contributed by atoms with Gasteiger partial charge < -0.3 is 9.64 Å². The van der Waals surface area contributed by atoms with Gasteiger partial charge in [-0.1, -0.05) is 35.2 Å². The van der Waals surface area contributed by atoms with Crippen LogP contribution in [0.4, 0.5) is 4.39 Å². The molecule has 2 rings (SSSR count). The van der Waals surface area contributed by atoms with Crippen molar-refractivity contribution in [3.8, 4) is 6.07 Å². The standard InChI is InChI=1S/C17H18BrFN2O3/c1-21(17(11-20)7-3-2-4-8-17)15(22)10-24-16(23)13-9-12(18)5-6-14(13)19/h5-6,9H,2-4,7-8,10H2,1H3. The zero-order valence-corrected chi connectivity index (χ0v) is 14.9. The quantitative estimate of drug-likeness (QED) is 0.730. The molecule has 0 heterocycles. The van der Waals surface area contributed by atoms with E-state index in [1.54, 1.807) is 7.05 Å². The molecule has 1 aromatic rings. The second-order valence-corrected chi connectivity index (χ2v) is 6.77. The number of amides is 1. The molecule has 0 saturated heterocycles. The number of ether oxygens (including phenoxy) is 1. The van der Waals surface area contributed by atoms with Crippen LogP contribution in [0.25, 0.3) is 0 Å². The molecule has 0 bridgehead atoms. The van der Waals surface area contributed by atoms with E-state index in [2.05, 4.69) is 22.0 Å². The summed E-state index contributed by atoms with van der Waals surface area (Å²) >= 11 is 3.15. The van der Waals surface area contributed by atoms with E-state index in [9.17, 15) is 19.2 Å². The van der Waals surface area contributed by atoms with Crippen molar-refractivity contribution in [1.82, 2.24) is 4.90 Å². The zero-order chi connectivity index (χ0) is 17.7. The highest BCUT2D eigenvalue weighted by atomic mass is 79.9. The van der Waals surface area contributed by atoms with Crippen molar-refractivity contribution < 1.29 is 18.7 Å². The maximum atomic E-state index is 13.6. The fourth-order valence-corrected chi connectivity index (χ4v) is 3.21. The molecular formula is C17H18BrFN2O3. The zero-order valence-electron chi connectivity index (χ0n) is 13.3. The Hall–Kier alpha value is -1.94. The smallest absolute Gasteiger partial charge is 0.341 e. The summed E-state index contributed by atoms with van der Waals surface area (Å²) in [5.74, 6) is -2.10. The van der Waals surface area contributed by atoms with Gasteiger partial charge in [-0.3, -0.25) is 4.79 Å². The first-order valence-electron chi connectivity index (χ1n) is 7.70. The van der Waals surface area contributed by atoms with E-state index < -0.39 is 29.8 Å². The normalized spacial score (nSPS) is 16.1. The molecule has 24 heavy (non-hydrogen) atoms. The SMILES string of the molecule is CN(C(=O)COC(=O)c1cc(Br)ccc1F)C1(C#N)CCCCC1. The predicted octanol–water partition coefficient (Wildman–Crippen LogP) is 3.43. The first-order valence-corrected chi connectivity index (χ1v) is 8.49. The minimum atomic E-state index is -0.912. The van der Waals surface area contributed by atoms with Gasteiger partial charge in [-0.2, -0.15) is 5.26 Å². The summed E-state index contributed by atoms with van der Waals surface area (Å²) in [6, 6.07) is 6.13. The number of hydrogen-bond donors (Lipinski definition) is 0. The van der Waals surface area contributed by atoms with Crippen LogP contribution in [0.5, 0.6) is 0 Å². The van der Waals surface area contributed by atoms with E-state index >= 15 is 0 Å². The number of esters is 1. The third-order valence-corrected chi connectivity index (χ3v) is 4.87. The monoisotopic (exact) mass is 396 g/mol. The number of hydrogen-bond acceptors (Lipinski definition) is 4. The Morgan fingerprint density at radius 3 is 2.67 bits per heavy atom. The molecule has 1 aliphatic carbocycles. The molecule has 1 amide bonds. The number of nitrogens with zero attached hydrogens (tertiary/aromatic N) is 2. The number of likely N-dealkylation sites (N-methyl/N-ethyl adjacent to an activating group) is 1. The maximum absolute atomic E-state index is 13.6. The van der Waals surface area contributed by atoms with Crippen LogP contribution in [-0.2, 0) is 9.53 Å². The van der Waals surface area contributed by atoms with Crippen LogP contribution in [-0.4, -0.2) is 36.0 Å². The minimum absolute atomic E-state index is 0.243. The van der Waals surface area contributed by atoms with Gasteiger partial charge in [0, 0.05) is 11.5 Å². The average Bonchev–Trinajstić information content (AvgIpc) is 2.61. The Labute approximate surface area is 148 Å². The number of rotatable bonds is 4. The summed E-state index contributed by atoms with van der Waals surface area (Å²) in [4.78, 5) is 25.6. The topological polar surface area (TPSA) is 70.4 Å². The lowest BCUT2D eigenvalue weighted by molar-refractivity contribution is -0.138. The molecule has 0 unspecified atom stereocenters. The number of carbonyl (C=O) groups is 2. The van der Waals surface area contributed by atoms with E-state index in [1.165, 1.54) is 17.0 Å². The summed E-state index contributed by atoms with van der Waals surface area (Å²) in [5, 5.41) is 9.48. The molecule has 0 aliphatic heterocycles. The van der Waals surface area contributed by atoms with Crippen molar-refractivity contribution >= 4 is 27.8 Å². The van der Waals surface area contributed by atoms with E-state index in [-0.39, 0.29) is 5.56 Å². The number of benzene rings is 1. The first kappa shape index (κ1) is 18.4. The molecule has 1 aromatic carbocycles. The van der Waals surface area contributed by atoms with Crippen molar-refractivity contribution in [2.45, 2.75) is 37.6 Å². The van der Waals surface area contributed by atoms with Crippen LogP contribution in [0.3, 0.4) is 0 Å². The lowest BCUT2D eigenvalue weighted by atomic mass is 9.81. The highest BCUT2D eigenvalue weighted by molar-refractivity contribution is 9.10. The van der Waals surface area contributed by atoms with Crippen molar-refractivity contribution in [2.24, 2.45) is 0 Å². The fraction of sp³-hybridized carbons (Fsp3) is 0.471. The van der Waals surface area contributed by atoms with E-state index in [0.29, 0.717) is 17.3 Å². The number of nitriles is 1. The second-order valence-electron chi connectivity index (χ2n) is 5.86. The second kappa shape index (κ2) is 7.75. The molecule has 0 spiro atoms. The van der Waals surface area contributed by atoms with Crippen LogP contribution < -0.4 is 0 Å². The Balaban J connectivity index is 2.00. The van der Waals surface area contributed by atoms with Gasteiger partial charge in [-0.15, -0.1) is 0 Å². The van der Waals surface area contributed by atoms with E-state index in [4.69, 9.17) is 4.74 Å². The van der Waals surface area contributed by atoms with Gasteiger partial charge in [0.25, 0.3) is 5.91 Å². The summed E-state index contributed by atoms with van der Waals surface area (Å²) in [6.07, 6.45) is 4.03. The van der Waals surface area contributed by atoms with Gasteiger partial charge >= 0.3 is 5.97 Å². The highest BCUT2D eigenvalue weighted by Gasteiger charge is 2.39.